The summed E-state index contributed by atoms with van der Waals surface area (Å²) >= 11 is 5.69. The van der Waals surface area contributed by atoms with Crippen LogP contribution in [0.5, 0.6) is 11.5 Å². The van der Waals surface area contributed by atoms with E-state index in [4.69, 9.17) is 21.7 Å². The number of hydrogen-bond acceptors (Lipinski definition) is 4. The summed E-state index contributed by atoms with van der Waals surface area (Å²) in [5, 5.41) is 7.45. The molecule has 1 saturated carbocycles. The third kappa shape index (κ3) is 5.24. The summed E-state index contributed by atoms with van der Waals surface area (Å²) in [5.41, 5.74) is 2.49. The van der Waals surface area contributed by atoms with Gasteiger partial charge < -0.3 is 25.0 Å². The van der Waals surface area contributed by atoms with Gasteiger partial charge in [-0.1, -0.05) is 18.9 Å². The van der Waals surface area contributed by atoms with Crippen LogP contribution < -0.4 is 20.1 Å². The van der Waals surface area contributed by atoms with Gasteiger partial charge >= 0.3 is 0 Å². The highest BCUT2D eigenvalue weighted by Gasteiger charge is 2.37. The van der Waals surface area contributed by atoms with Crippen molar-refractivity contribution in [1.82, 2.24) is 10.2 Å². The second-order valence-electron chi connectivity index (χ2n) is 8.87. The molecule has 2 fully saturated rings. The monoisotopic (exact) mass is 467 g/mol. The maximum absolute atomic E-state index is 12.7. The molecule has 33 heavy (non-hydrogen) atoms. The number of hydrogen-bond donors (Lipinski definition) is 2. The number of amides is 1. The number of ether oxygens (including phenoxy) is 2. The van der Waals surface area contributed by atoms with E-state index in [0.29, 0.717) is 10.9 Å². The molecule has 1 aliphatic carbocycles. The molecule has 2 N–H and O–H groups in total. The Morgan fingerprint density at radius 2 is 1.58 bits per heavy atom. The van der Waals surface area contributed by atoms with Crippen molar-refractivity contribution >= 4 is 28.9 Å². The standard InChI is InChI=1S/C26H33N3O3S/c1-31-22-13-10-20(18-23(22)32-2)26(14-4-5-15-26)28-25(33)27-21-11-8-19(9-12-21)24(30)29-16-6-3-7-17-29/h8-13,18H,3-7,14-17H2,1-2H3,(H2,27,28,33). The zero-order valence-electron chi connectivity index (χ0n) is 19.5. The first-order valence-corrected chi connectivity index (χ1v) is 12.2. The summed E-state index contributed by atoms with van der Waals surface area (Å²) in [7, 11) is 3.30. The average molecular weight is 468 g/mol. The van der Waals surface area contributed by atoms with Crippen molar-refractivity contribution in [3.8, 4) is 11.5 Å². The van der Waals surface area contributed by atoms with E-state index in [-0.39, 0.29) is 11.4 Å². The number of rotatable bonds is 6. The van der Waals surface area contributed by atoms with Crippen LogP contribution in [0.2, 0.25) is 0 Å². The van der Waals surface area contributed by atoms with Crippen molar-refractivity contribution in [2.75, 3.05) is 32.6 Å². The van der Waals surface area contributed by atoms with E-state index in [2.05, 4.69) is 16.7 Å². The molecule has 0 radical (unpaired) electrons. The molecule has 0 bridgehead atoms. The number of nitrogens with zero attached hydrogens (tertiary/aromatic N) is 1. The molecule has 1 heterocycles. The van der Waals surface area contributed by atoms with Crippen LogP contribution in [0.25, 0.3) is 0 Å². The van der Waals surface area contributed by atoms with Gasteiger partial charge in [-0.25, -0.2) is 0 Å². The quantitative estimate of drug-likeness (QED) is 0.578. The number of anilines is 1. The van der Waals surface area contributed by atoms with Crippen LogP contribution in [0.15, 0.2) is 42.5 Å². The number of thiocarbonyl (C=S) groups is 1. The molecule has 0 spiro atoms. The predicted octanol–water partition coefficient (Wildman–Crippen LogP) is 5.09. The third-order valence-corrected chi connectivity index (χ3v) is 6.98. The van der Waals surface area contributed by atoms with Gasteiger partial charge in [-0.2, -0.15) is 0 Å². The summed E-state index contributed by atoms with van der Waals surface area (Å²) in [5.74, 6) is 1.55. The molecule has 0 atom stereocenters. The van der Waals surface area contributed by atoms with Crippen molar-refractivity contribution in [3.63, 3.8) is 0 Å². The first-order chi connectivity index (χ1) is 16.0. The highest BCUT2D eigenvalue weighted by molar-refractivity contribution is 7.80. The topological polar surface area (TPSA) is 62.8 Å². The molecule has 6 nitrogen and oxygen atoms in total. The lowest BCUT2D eigenvalue weighted by molar-refractivity contribution is 0.0724. The van der Waals surface area contributed by atoms with Crippen molar-refractivity contribution < 1.29 is 14.3 Å². The first kappa shape index (κ1) is 23.4. The third-order valence-electron chi connectivity index (χ3n) is 6.78. The fraction of sp³-hybridized carbons (Fsp3) is 0.462. The predicted molar refractivity (Wildman–Crippen MR) is 135 cm³/mol. The Kier molecular flexibility index (Phi) is 7.38. The average Bonchev–Trinajstić information content (AvgIpc) is 3.33. The van der Waals surface area contributed by atoms with E-state index in [1.54, 1.807) is 14.2 Å². The second-order valence-corrected chi connectivity index (χ2v) is 9.28. The number of carbonyl (C=O) groups is 1. The molecule has 2 aromatic rings. The highest BCUT2D eigenvalue weighted by Crippen LogP contribution is 2.41. The SMILES string of the molecule is COc1ccc(C2(NC(=S)Nc3ccc(C(=O)N4CCCCC4)cc3)CCCC2)cc1OC. The number of nitrogens with one attached hydrogen (secondary N) is 2. The Bertz CT molecular complexity index is 981. The van der Waals surface area contributed by atoms with Gasteiger partial charge in [-0.3, -0.25) is 4.79 Å². The normalized spacial score (nSPS) is 17.3. The van der Waals surface area contributed by atoms with Crippen molar-refractivity contribution in [2.45, 2.75) is 50.5 Å². The zero-order chi connectivity index (χ0) is 23.3. The van der Waals surface area contributed by atoms with Crippen molar-refractivity contribution in [1.29, 1.82) is 0 Å². The number of likely N-dealkylation sites (tertiary alicyclic amines) is 1. The highest BCUT2D eigenvalue weighted by atomic mass is 32.1. The largest absolute Gasteiger partial charge is 0.493 e. The molecule has 1 aliphatic heterocycles. The zero-order valence-corrected chi connectivity index (χ0v) is 20.3. The number of benzene rings is 2. The molecule has 176 valence electrons. The van der Waals surface area contributed by atoms with E-state index >= 15 is 0 Å². The molecule has 1 saturated heterocycles. The first-order valence-electron chi connectivity index (χ1n) is 11.8. The van der Waals surface area contributed by atoms with Crippen molar-refractivity contribution in [3.05, 3.63) is 53.6 Å². The van der Waals surface area contributed by atoms with Crippen LogP contribution >= 0.6 is 12.2 Å². The molecule has 2 aromatic carbocycles. The van der Waals surface area contributed by atoms with Crippen LogP contribution in [0, 0.1) is 0 Å². The molecule has 2 aliphatic rings. The molecule has 0 unspecified atom stereocenters. The minimum atomic E-state index is -0.242. The molecule has 1 amide bonds. The maximum Gasteiger partial charge on any atom is 0.253 e. The maximum atomic E-state index is 12.7. The lowest BCUT2D eigenvalue weighted by atomic mass is 9.88. The van der Waals surface area contributed by atoms with E-state index in [0.717, 1.165) is 74.2 Å². The Morgan fingerprint density at radius 1 is 0.909 bits per heavy atom. The van der Waals surface area contributed by atoms with E-state index in [1.807, 2.05) is 41.3 Å². The Morgan fingerprint density at radius 3 is 2.21 bits per heavy atom. The summed E-state index contributed by atoms with van der Waals surface area (Å²) in [6.07, 6.45) is 7.65. The molecule has 4 rings (SSSR count). The summed E-state index contributed by atoms with van der Waals surface area (Å²) < 4.78 is 10.9. The minimum Gasteiger partial charge on any atom is -0.493 e. The Labute approximate surface area is 201 Å². The van der Waals surface area contributed by atoms with Crippen LogP contribution in [0.3, 0.4) is 0 Å². The van der Waals surface area contributed by atoms with Gasteiger partial charge in [-0.05, 0) is 86.3 Å². The second kappa shape index (κ2) is 10.4. The van der Waals surface area contributed by atoms with E-state index in [1.165, 1.54) is 6.42 Å². The van der Waals surface area contributed by atoms with E-state index in [9.17, 15) is 4.79 Å². The fourth-order valence-electron chi connectivity index (χ4n) is 4.95. The van der Waals surface area contributed by atoms with Crippen molar-refractivity contribution in [2.24, 2.45) is 0 Å². The fourth-order valence-corrected chi connectivity index (χ4v) is 5.27. The number of carbonyl (C=O) groups excluding carboxylic acids is 1. The van der Waals surface area contributed by atoms with Gasteiger partial charge in [0.2, 0.25) is 0 Å². The van der Waals surface area contributed by atoms with Gasteiger partial charge in [0, 0.05) is 24.3 Å². The summed E-state index contributed by atoms with van der Waals surface area (Å²) in [6, 6.07) is 13.7. The number of piperidine rings is 1. The lowest BCUT2D eigenvalue weighted by Crippen LogP contribution is -2.45. The van der Waals surface area contributed by atoms with Gasteiger partial charge in [0.1, 0.15) is 0 Å². The summed E-state index contributed by atoms with van der Waals surface area (Å²) in [4.78, 5) is 14.7. The van der Waals surface area contributed by atoms with Gasteiger partial charge in [0.25, 0.3) is 5.91 Å². The van der Waals surface area contributed by atoms with Crippen LogP contribution in [-0.2, 0) is 5.54 Å². The van der Waals surface area contributed by atoms with E-state index < -0.39 is 0 Å². The van der Waals surface area contributed by atoms with Gasteiger partial charge in [0.15, 0.2) is 16.6 Å². The Balaban J connectivity index is 1.44. The molecular formula is C26H33N3O3S. The lowest BCUT2D eigenvalue weighted by Gasteiger charge is -2.33. The van der Waals surface area contributed by atoms with Crippen LogP contribution in [-0.4, -0.2) is 43.2 Å². The minimum absolute atomic E-state index is 0.111. The summed E-state index contributed by atoms with van der Waals surface area (Å²) in [6.45, 7) is 1.70. The van der Waals surface area contributed by atoms with Gasteiger partial charge in [-0.15, -0.1) is 0 Å². The van der Waals surface area contributed by atoms with Crippen LogP contribution in [0.4, 0.5) is 5.69 Å². The van der Waals surface area contributed by atoms with Crippen LogP contribution in [0.1, 0.15) is 60.9 Å². The molecular weight excluding hydrogens is 434 g/mol. The molecule has 0 aromatic heterocycles. The number of methoxy groups -OCH3 is 2. The molecule has 7 heteroatoms. The smallest absolute Gasteiger partial charge is 0.253 e. The van der Waals surface area contributed by atoms with Gasteiger partial charge in [0.05, 0.1) is 19.8 Å². The Hall–Kier alpha value is -2.80.